The molecular formula is C16H29N5OS. The number of aryl methyl sites for hydroxylation is 1. The number of rotatable bonds is 6. The molecule has 0 aromatic carbocycles. The zero-order chi connectivity index (χ0) is 16.9. The Morgan fingerprint density at radius 2 is 2.09 bits per heavy atom. The Kier molecular flexibility index (Phi) is 6.47. The summed E-state index contributed by atoms with van der Waals surface area (Å²) < 4.78 is 1.93. The maximum atomic E-state index is 12.1. The van der Waals surface area contributed by atoms with Gasteiger partial charge in [-0.05, 0) is 38.1 Å². The van der Waals surface area contributed by atoms with Gasteiger partial charge in [0.05, 0.1) is 0 Å². The van der Waals surface area contributed by atoms with Crippen LogP contribution in [0.2, 0.25) is 0 Å². The molecule has 2 rings (SSSR count). The van der Waals surface area contributed by atoms with E-state index in [2.05, 4.69) is 41.5 Å². The molecule has 1 fully saturated rings. The van der Waals surface area contributed by atoms with E-state index in [0.29, 0.717) is 18.3 Å². The van der Waals surface area contributed by atoms with Crippen molar-refractivity contribution >= 4 is 23.6 Å². The van der Waals surface area contributed by atoms with E-state index in [1.54, 1.807) is 4.68 Å². The van der Waals surface area contributed by atoms with Crippen LogP contribution in [0, 0.1) is 0 Å². The molecule has 1 aliphatic rings. The number of thioether (sulfide) groups is 1. The SMILES string of the molecule is Cn1nc(C2CCNCC2)nc1NC(=O)CCCSC(C)(C)C. The smallest absolute Gasteiger partial charge is 0.227 e. The molecule has 0 bridgehead atoms. The third kappa shape index (κ3) is 6.14. The van der Waals surface area contributed by atoms with Gasteiger partial charge in [-0.3, -0.25) is 10.1 Å². The molecule has 2 N–H and O–H groups in total. The van der Waals surface area contributed by atoms with E-state index in [1.165, 1.54) is 0 Å². The minimum Gasteiger partial charge on any atom is -0.317 e. The Hall–Kier alpha value is -1.08. The van der Waals surface area contributed by atoms with E-state index in [9.17, 15) is 4.79 Å². The van der Waals surface area contributed by atoms with E-state index >= 15 is 0 Å². The molecule has 1 aromatic rings. The molecule has 0 radical (unpaired) electrons. The van der Waals surface area contributed by atoms with E-state index in [-0.39, 0.29) is 10.7 Å². The Labute approximate surface area is 143 Å². The summed E-state index contributed by atoms with van der Waals surface area (Å²) in [5, 5.41) is 10.7. The Balaban J connectivity index is 1.80. The molecule has 1 aliphatic heterocycles. The number of carbonyl (C=O) groups is 1. The first-order valence-corrected chi connectivity index (χ1v) is 9.39. The average molecular weight is 340 g/mol. The van der Waals surface area contributed by atoms with E-state index < -0.39 is 0 Å². The Morgan fingerprint density at radius 3 is 2.74 bits per heavy atom. The first kappa shape index (κ1) is 18.3. The molecule has 0 unspecified atom stereocenters. The minimum absolute atomic E-state index is 0.0203. The lowest BCUT2D eigenvalue weighted by atomic mass is 9.98. The molecule has 1 saturated heterocycles. The number of nitrogens with zero attached hydrogens (tertiary/aromatic N) is 3. The number of nitrogens with one attached hydrogen (secondary N) is 2. The summed E-state index contributed by atoms with van der Waals surface area (Å²) in [7, 11) is 1.84. The highest BCUT2D eigenvalue weighted by Crippen LogP contribution is 2.25. The number of hydrogen-bond acceptors (Lipinski definition) is 5. The highest BCUT2D eigenvalue weighted by molar-refractivity contribution is 8.00. The monoisotopic (exact) mass is 339 g/mol. The van der Waals surface area contributed by atoms with Gasteiger partial charge in [-0.15, -0.1) is 0 Å². The van der Waals surface area contributed by atoms with Crippen LogP contribution in [0.3, 0.4) is 0 Å². The lowest BCUT2D eigenvalue weighted by Gasteiger charge is -2.19. The van der Waals surface area contributed by atoms with Crippen LogP contribution in [0.1, 0.15) is 58.2 Å². The summed E-state index contributed by atoms with van der Waals surface area (Å²) in [6.07, 6.45) is 3.52. The third-order valence-corrected chi connectivity index (χ3v) is 5.18. The Bertz CT molecular complexity index is 517. The maximum Gasteiger partial charge on any atom is 0.227 e. The predicted molar refractivity (Wildman–Crippen MR) is 95.9 cm³/mol. The van der Waals surface area contributed by atoms with E-state index in [1.807, 2.05) is 18.8 Å². The standard InChI is InChI=1S/C16H29N5OS/c1-16(2,3)23-11-5-6-13(22)18-15-19-14(20-21(15)4)12-7-9-17-10-8-12/h12,17H,5-11H2,1-4H3,(H,18,19,20,22). The van der Waals surface area contributed by atoms with Gasteiger partial charge < -0.3 is 5.32 Å². The number of carbonyl (C=O) groups excluding carboxylic acids is 1. The topological polar surface area (TPSA) is 71.8 Å². The fraction of sp³-hybridized carbons (Fsp3) is 0.812. The predicted octanol–water partition coefficient (Wildman–Crippen LogP) is 2.53. The second kappa shape index (κ2) is 8.15. The van der Waals surface area contributed by atoms with Crippen molar-refractivity contribution in [3.8, 4) is 0 Å². The van der Waals surface area contributed by atoms with Crippen molar-refractivity contribution in [3.63, 3.8) is 0 Å². The third-order valence-electron chi connectivity index (χ3n) is 3.82. The van der Waals surface area contributed by atoms with Crippen molar-refractivity contribution in [1.82, 2.24) is 20.1 Å². The van der Waals surface area contributed by atoms with Gasteiger partial charge in [0.1, 0.15) is 0 Å². The van der Waals surface area contributed by atoms with Gasteiger partial charge in [-0.25, -0.2) is 4.68 Å². The number of anilines is 1. The van der Waals surface area contributed by atoms with Crippen LogP contribution in [0.5, 0.6) is 0 Å². The quantitative estimate of drug-likeness (QED) is 0.779. The molecular weight excluding hydrogens is 310 g/mol. The normalized spacial score (nSPS) is 16.5. The van der Waals surface area contributed by atoms with E-state index in [4.69, 9.17) is 0 Å². The van der Waals surface area contributed by atoms with Crippen LogP contribution in [0.15, 0.2) is 0 Å². The lowest BCUT2D eigenvalue weighted by Crippen LogP contribution is -2.27. The van der Waals surface area contributed by atoms with Gasteiger partial charge in [0.15, 0.2) is 5.82 Å². The van der Waals surface area contributed by atoms with Crippen molar-refractivity contribution in [2.24, 2.45) is 7.05 Å². The average Bonchev–Trinajstić information content (AvgIpc) is 2.85. The summed E-state index contributed by atoms with van der Waals surface area (Å²) >= 11 is 1.89. The fourth-order valence-corrected chi connectivity index (χ4v) is 3.47. The van der Waals surface area contributed by atoms with E-state index in [0.717, 1.165) is 43.9 Å². The fourth-order valence-electron chi connectivity index (χ4n) is 2.56. The van der Waals surface area contributed by atoms with Crippen molar-refractivity contribution in [3.05, 3.63) is 5.82 Å². The van der Waals surface area contributed by atoms with Crippen LogP contribution in [-0.4, -0.2) is 44.3 Å². The first-order valence-electron chi connectivity index (χ1n) is 8.40. The van der Waals surface area contributed by atoms with Crippen LogP contribution in [0.4, 0.5) is 5.95 Å². The molecule has 0 spiro atoms. The molecule has 0 atom stereocenters. The van der Waals surface area contributed by atoms with Crippen molar-refractivity contribution in [2.45, 2.75) is 57.1 Å². The molecule has 0 aliphatic carbocycles. The number of hydrogen-bond donors (Lipinski definition) is 2. The zero-order valence-electron chi connectivity index (χ0n) is 14.7. The summed E-state index contributed by atoms with van der Waals surface area (Å²) in [5.74, 6) is 2.83. The summed E-state index contributed by atoms with van der Waals surface area (Å²) in [5.41, 5.74) is 0. The lowest BCUT2D eigenvalue weighted by molar-refractivity contribution is -0.116. The number of aromatic nitrogens is 3. The summed E-state index contributed by atoms with van der Waals surface area (Å²) in [4.78, 5) is 16.6. The number of piperidine rings is 1. The highest BCUT2D eigenvalue weighted by atomic mass is 32.2. The van der Waals surface area contributed by atoms with Gasteiger partial charge in [0.25, 0.3) is 0 Å². The summed E-state index contributed by atoms with van der Waals surface area (Å²) in [6, 6.07) is 0. The van der Waals surface area contributed by atoms with Gasteiger partial charge in [0.2, 0.25) is 11.9 Å². The molecule has 1 aromatic heterocycles. The van der Waals surface area contributed by atoms with Gasteiger partial charge in [-0.1, -0.05) is 20.8 Å². The van der Waals surface area contributed by atoms with Gasteiger partial charge >= 0.3 is 0 Å². The number of amides is 1. The maximum absolute atomic E-state index is 12.1. The van der Waals surface area contributed by atoms with Gasteiger partial charge in [0, 0.05) is 24.1 Å². The minimum atomic E-state index is 0.0203. The van der Waals surface area contributed by atoms with Crippen molar-refractivity contribution in [1.29, 1.82) is 0 Å². The second-order valence-electron chi connectivity index (χ2n) is 7.05. The Morgan fingerprint density at radius 1 is 1.39 bits per heavy atom. The second-order valence-corrected chi connectivity index (χ2v) is 8.98. The summed E-state index contributed by atoms with van der Waals surface area (Å²) in [6.45, 7) is 8.60. The van der Waals surface area contributed by atoms with Gasteiger partial charge in [-0.2, -0.15) is 21.8 Å². The van der Waals surface area contributed by atoms with Crippen molar-refractivity contribution < 1.29 is 4.79 Å². The first-order chi connectivity index (χ1) is 10.8. The molecule has 23 heavy (non-hydrogen) atoms. The van der Waals surface area contributed by atoms with Crippen LogP contribution < -0.4 is 10.6 Å². The van der Waals surface area contributed by atoms with Crippen LogP contribution >= 0.6 is 11.8 Å². The highest BCUT2D eigenvalue weighted by Gasteiger charge is 2.21. The largest absolute Gasteiger partial charge is 0.317 e. The van der Waals surface area contributed by atoms with Crippen molar-refractivity contribution in [2.75, 3.05) is 24.2 Å². The molecule has 7 heteroatoms. The molecule has 1 amide bonds. The molecule has 0 saturated carbocycles. The molecule has 2 heterocycles. The zero-order valence-corrected chi connectivity index (χ0v) is 15.5. The van der Waals surface area contributed by atoms with Crippen LogP contribution in [-0.2, 0) is 11.8 Å². The van der Waals surface area contributed by atoms with Crippen LogP contribution in [0.25, 0.3) is 0 Å². The molecule has 130 valence electrons. The molecule has 6 nitrogen and oxygen atoms in total.